The van der Waals surface area contributed by atoms with E-state index in [1.165, 1.54) is 5.57 Å². The maximum atomic E-state index is 5.95. The summed E-state index contributed by atoms with van der Waals surface area (Å²) in [7, 11) is 0. The van der Waals surface area contributed by atoms with Crippen molar-refractivity contribution in [2.24, 2.45) is 0 Å². The molecule has 0 rings (SSSR count). The summed E-state index contributed by atoms with van der Waals surface area (Å²) < 4.78 is 17.5. The predicted molar refractivity (Wildman–Crippen MR) is 89.5 cm³/mol. The molecule has 0 aromatic heterocycles. The van der Waals surface area contributed by atoms with Gasteiger partial charge < -0.3 is 14.2 Å². The molecule has 21 heavy (non-hydrogen) atoms. The van der Waals surface area contributed by atoms with Crippen molar-refractivity contribution < 1.29 is 14.2 Å². The van der Waals surface area contributed by atoms with E-state index in [2.05, 4.69) is 33.8 Å². The fourth-order valence-corrected chi connectivity index (χ4v) is 1.83. The van der Waals surface area contributed by atoms with Gasteiger partial charge in [0.15, 0.2) is 0 Å². The van der Waals surface area contributed by atoms with Crippen LogP contribution < -0.4 is 0 Å². The molecule has 0 aromatic rings. The molecule has 0 bridgehead atoms. The van der Waals surface area contributed by atoms with E-state index in [1.807, 2.05) is 34.0 Å². The maximum Gasteiger partial charge on any atom is 0.105 e. The van der Waals surface area contributed by atoms with Crippen molar-refractivity contribution in [2.45, 2.75) is 79.6 Å². The van der Waals surface area contributed by atoms with Crippen LogP contribution in [0, 0.1) is 0 Å². The Hall–Kier alpha value is -0.800. The minimum Gasteiger partial charge on any atom is -0.495 e. The Morgan fingerprint density at radius 1 is 1.05 bits per heavy atom. The van der Waals surface area contributed by atoms with Gasteiger partial charge in [-0.25, -0.2) is 0 Å². The van der Waals surface area contributed by atoms with Crippen molar-refractivity contribution in [2.75, 3.05) is 13.2 Å². The van der Waals surface area contributed by atoms with Gasteiger partial charge in [-0.1, -0.05) is 11.6 Å². The molecule has 0 heterocycles. The lowest BCUT2D eigenvalue weighted by Gasteiger charge is -2.30. The Balaban J connectivity index is 4.46. The van der Waals surface area contributed by atoms with Crippen LogP contribution in [-0.2, 0) is 14.2 Å². The lowest BCUT2D eigenvalue weighted by molar-refractivity contribution is -0.0799. The van der Waals surface area contributed by atoms with E-state index in [9.17, 15) is 0 Å². The van der Waals surface area contributed by atoms with Gasteiger partial charge in [0, 0.05) is 6.42 Å². The number of rotatable bonds is 10. The summed E-state index contributed by atoms with van der Waals surface area (Å²) in [5, 5.41) is 0. The Morgan fingerprint density at radius 2 is 1.67 bits per heavy atom. The van der Waals surface area contributed by atoms with Gasteiger partial charge in [0.25, 0.3) is 0 Å². The van der Waals surface area contributed by atoms with Crippen molar-refractivity contribution in [3.05, 3.63) is 23.5 Å². The maximum absolute atomic E-state index is 5.95. The van der Waals surface area contributed by atoms with Gasteiger partial charge in [0.2, 0.25) is 0 Å². The van der Waals surface area contributed by atoms with Crippen LogP contribution in [0.1, 0.15) is 61.8 Å². The molecule has 3 heteroatoms. The molecule has 0 aliphatic rings. The van der Waals surface area contributed by atoms with Crippen molar-refractivity contribution >= 4 is 0 Å². The first-order valence-electron chi connectivity index (χ1n) is 7.80. The minimum absolute atomic E-state index is 0.0381. The molecule has 0 saturated carbocycles. The third kappa shape index (κ3) is 12.6. The molecule has 0 fully saturated rings. The highest BCUT2D eigenvalue weighted by atomic mass is 16.5. The molecule has 0 radical (unpaired) electrons. The van der Waals surface area contributed by atoms with Crippen molar-refractivity contribution in [3.63, 3.8) is 0 Å². The summed E-state index contributed by atoms with van der Waals surface area (Å²) in [6.07, 6.45) is 4.91. The van der Waals surface area contributed by atoms with Gasteiger partial charge in [-0.2, -0.15) is 0 Å². The molecule has 124 valence electrons. The topological polar surface area (TPSA) is 27.7 Å². The molecule has 0 spiro atoms. The second kappa shape index (κ2) is 10.0. The summed E-state index contributed by atoms with van der Waals surface area (Å²) in [6.45, 7) is 17.7. The van der Waals surface area contributed by atoms with Crippen LogP contribution in [0.25, 0.3) is 0 Å². The molecule has 1 atom stereocenters. The molecular formula is C18H34O3. The van der Waals surface area contributed by atoms with Gasteiger partial charge in [-0.15, -0.1) is 0 Å². The van der Waals surface area contributed by atoms with Crippen molar-refractivity contribution in [1.82, 2.24) is 0 Å². The minimum atomic E-state index is -0.267. The summed E-state index contributed by atoms with van der Waals surface area (Å²) >= 11 is 0. The van der Waals surface area contributed by atoms with Gasteiger partial charge >= 0.3 is 0 Å². The molecule has 0 aliphatic carbocycles. The Morgan fingerprint density at radius 3 is 2.14 bits per heavy atom. The molecular weight excluding hydrogens is 264 g/mol. The number of ether oxygens (including phenoxy) is 3. The summed E-state index contributed by atoms with van der Waals surface area (Å²) in [5.41, 5.74) is 2.16. The largest absolute Gasteiger partial charge is 0.495 e. The zero-order valence-corrected chi connectivity index (χ0v) is 15.2. The molecule has 0 aromatic carbocycles. The Bertz CT molecular complexity index is 332. The molecule has 0 N–H and O–H groups in total. The van der Waals surface area contributed by atoms with Crippen LogP contribution in [0.15, 0.2) is 23.5 Å². The van der Waals surface area contributed by atoms with E-state index in [0.29, 0.717) is 13.2 Å². The third-order valence-electron chi connectivity index (χ3n) is 2.71. The van der Waals surface area contributed by atoms with Crippen LogP contribution in [0.4, 0.5) is 0 Å². The second-order valence-electron chi connectivity index (χ2n) is 6.90. The van der Waals surface area contributed by atoms with E-state index in [4.69, 9.17) is 14.2 Å². The summed E-state index contributed by atoms with van der Waals surface area (Å²) in [5.74, 6) is 0. The lowest BCUT2D eigenvalue weighted by atomic mass is 10.0. The lowest BCUT2D eigenvalue weighted by Crippen LogP contribution is -2.34. The first-order chi connectivity index (χ1) is 9.62. The van der Waals surface area contributed by atoms with Gasteiger partial charge in [-0.05, 0) is 61.0 Å². The molecule has 3 nitrogen and oxygen atoms in total. The highest BCUT2D eigenvalue weighted by molar-refractivity contribution is 4.93. The molecule has 1 unspecified atom stereocenters. The van der Waals surface area contributed by atoms with Gasteiger partial charge in [0.1, 0.15) is 5.60 Å². The highest BCUT2D eigenvalue weighted by Gasteiger charge is 2.25. The Kier molecular flexibility index (Phi) is 9.63. The number of hydrogen-bond donors (Lipinski definition) is 0. The second-order valence-corrected chi connectivity index (χ2v) is 6.90. The highest BCUT2D eigenvalue weighted by Crippen LogP contribution is 2.21. The normalized spacial score (nSPS) is 13.0. The fraction of sp³-hybridized carbons (Fsp3) is 0.778. The zero-order chi connectivity index (χ0) is 16.5. The SMILES string of the molecule is CC(C)=CCOCC(CC(C)(C)OC=C(C)C)OC(C)C. The van der Waals surface area contributed by atoms with Gasteiger partial charge in [-0.3, -0.25) is 0 Å². The van der Waals surface area contributed by atoms with Crippen LogP contribution in [0.2, 0.25) is 0 Å². The molecule has 0 aliphatic heterocycles. The summed E-state index contributed by atoms with van der Waals surface area (Å²) in [4.78, 5) is 0. The molecule has 0 amide bonds. The van der Waals surface area contributed by atoms with Gasteiger partial charge in [0.05, 0.1) is 31.7 Å². The average Bonchev–Trinajstić information content (AvgIpc) is 2.30. The van der Waals surface area contributed by atoms with Crippen LogP contribution in [0.5, 0.6) is 0 Å². The van der Waals surface area contributed by atoms with E-state index >= 15 is 0 Å². The van der Waals surface area contributed by atoms with E-state index in [-0.39, 0.29) is 17.8 Å². The number of hydrogen-bond acceptors (Lipinski definition) is 3. The van der Waals surface area contributed by atoms with Crippen molar-refractivity contribution in [1.29, 1.82) is 0 Å². The first-order valence-corrected chi connectivity index (χ1v) is 7.80. The molecule has 0 saturated heterocycles. The quantitative estimate of drug-likeness (QED) is 0.327. The van der Waals surface area contributed by atoms with Crippen molar-refractivity contribution in [3.8, 4) is 0 Å². The average molecular weight is 298 g/mol. The third-order valence-corrected chi connectivity index (χ3v) is 2.71. The monoisotopic (exact) mass is 298 g/mol. The smallest absolute Gasteiger partial charge is 0.105 e. The summed E-state index contributed by atoms with van der Waals surface area (Å²) in [6, 6.07) is 0. The van der Waals surface area contributed by atoms with Crippen LogP contribution in [-0.4, -0.2) is 31.0 Å². The predicted octanol–water partition coefficient (Wildman–Crippen LogP) is 4.87. The zero-order valence-electron chi connectivity index (χ0n) is 15.2. The fourth-order valence-electron chi connectivity index (χ4n) is 1.83. The standard InChI is InChI=1S/C18H34O3/c1-14(2)9-10-19-13-17(21-16(5)6)11-18(7,8)20-12-15(3)4/h9,12,16-17H,10-11,13H2,1-8H3. The number of allylic oxidation sites excluding steroid dienone is 2. The Labute approximate surface area is 131 Å². The van der Waals surface area contributed by atoms with E-state index in [1.54, 1.807) is 0 Å². The van der Waals surface area contributed by atoms with E-state index in [0.717, 1.165) is 12.0 Å². The van der Waals surface area contributed by atoms with Crippen LogP contribution >= 0.6 is 0 Å². The van der Waals surface area contributed by atoms with Crippen LogP contribution in [0.3, 0.4) is 0 Å². The van der Waals surface area contributed by atoms with E-state index < -0.39 is 0 Å². The first kappa shape index (κ1) is 20.2.